The van der Waals surface area contributed by atoms with E-state index in [4.69, 9.17) is 9.47 Å². The van der Waals surface area contributed by atoms with Crippen molar-refractivity contribution in [2.45, 2.75) is 38.9 Å². The molecule has 10 heteroatoms. The molecule has 35 heavy (non-hydrogen) atoms. The maximum atomic E-state index is 13.7. The van der Waals surface area contributed by atoms with E-state index in [1.54, 1.807) is 31.2 Å². The van der Waals surface area contributed by atoms with Gasteiger partial charge in [0.2, 0.25) is 11.1 Å². The number of ether oxygens (including phenoxy) is 2. The second-order valence-electron chi connectivity index (χ2n) is 8.66. The van der Waals surface area contributed by atoms with Crippen LogP contribution in [0.25, 0.3) is 10.9 Å². The van der Waals surface area contributed by atoms with Gasteiger partial charge in [-0.05, 0) is 49.4 Å². The number of nitrogens with zero attached hydrogens (tertiary/aromatic N) is 3. The quantitative estimate of drug-likeness (QED) is 0.453. The van der Waals surface area contributed by atoms with Gasteiger partial charge < -0.3 is 9.47 Å². The Kier molecular flexibility index (Phi) is 5.82. The molecular weight excluding hydrogens is 463 g/mol. The average Bonchev–Trinajstić information content (AvgIpc) is 3.56. The van der Waals surface area contributed by atoms with Crippen molar-refractivity contribution in [2.24, 2.45) is 10.9 Å². The molecule has 2 aliphatic rings. The normalized spacial score (nSPS) is 15.1. The third-order valence-corrected chi connectivity index (χ3v) is 5.99. The molecule has 2 aromatic carbocycles. The SMILES string of the molecule is CCOC(=O)c1nn(CC2=Nc3cc(OCC4CC4)c(C(F)(F)F)cc3C2)c2ccccc2c1=O. The van der Waals surface area contributed by atoms with Crippen molar-refractivity contribution < 1.29 is 27.4 Å². The molecular formula is C25H22F3N3O4. The molecule has 1 aliphatic heterocycles. The highest BCUT2D eigenvalue weighted by Gasteiger charge is 2.37. The van der Waals surface area contributed by atoms with E-state index in [-0.39, 0.29) is 43.0 Å². The number of carbonyl (C=O) groups excluding carboxylic acids is 1. The van der Waals surface area contributed by atoms with Crippen LogP contribution in [0.3, 0.4) is 0 Å². The Hall–Kier alpha value is -3.69. The maximum Gasteiger partial charge on any atom is 0.419 e. The van der Waals surface area contributed by atoms with E-state index in [9.17, 15) is 22.8 Å². The number of carbonyl (C=O) groups is 1. The summed E-state index contributed by atoms with van der Waals surface area (Å²) in [5, 5.41) is 4.51. The van der Waals surface area contributed by atoms with Crippen LogP contribution in [0.5, 0.6) is 5.75 Å². The number of fused-ring (bicyclic) bond motifs is 2. The highest BCUT2D eigenvalue weighted by molar-refractivity contribution is 5.96. The number of halogens is 3. The van der Waals surface area contributed by atoms with Gasteiger partial charge in [0.05, 0.1) is 36.5 Å². The number of para-hydroxylation sites is 1. The van der Waals surface area contributed by atoms with Crippen molar-refractivity contribution in [3.8, 4) is 5.75 Å². The zero-order valence-corrected chi connectivity index (χ0v) is 18.9. The third-order valence-electron chi connectivity index (χ3n) is 5.99. The fourth-order valence-electron chi connectivity index (χ4n) is 4.08. The van der Waals surface area contributed by atoms with Crippen molar-refractivity contribution in [2.75, 3.05) is 13.2 Å². The van der Waals surface area contributed by atoms with Gasteiger partial charge in [-0.15, -0.1) is 0 Å². The Morgan fingerprint density at radius 3 is 2.69 bits per heavy atom. The van der Waals surface area contributed by atoms with Crippen molar-refractivity contribution in [3.05, 3.63) is 63.4 Å². The Bertz CT molecular complexity index is 1410. The lowest BCUT2D eigenvalue weighted by molar-refractivity contribution is -0.139. The smallest absolute Gasteiger partial charge is 0.419 e. The van der Waals surface area contributed by atoms with Crippen LogP contribution in [0.1, 0.15) is 41.4 Å². The second kappa shape index (κ2) is 8.83. The molecule has 1 fully saturated rings. The topological polar surface area (TPSA) is 82.8 Å². The van der Waals surface area contributed by atoms with Crippen molar-refractivity contribution in [3.63, 3.8) is 0 Å². The van der Waals surface area contributed by atoms with E-state index in [1.165, 1.54) is 10.7 Å². The molecule has 0 unspecified atom stereocenters. The molecule has 1 aliphatic carbocycles. The van der Waals surface area contributed by atoms with Gasteiger partial charge in [-0.1, -0.05) is 12.1 Å². The summed E-state index contributed by atoms with van der Waals surface area (Å²) in [5.74, 6) is -0.748. The predicted molar refractivity (Wildman–Crippen MR) is 122 cm³/mol. The van der Waals surface area contributed by atoms with Gasteiger partial charge in [-0.2, -0.15) is 18.3 Å². The van der Waals surface area contributed by atoms with Gasteiger partial charge >= 0.3 is 12.1 Å². The molecule has 3 aromatic rings. The fourth-order valence-corrected chi connectivity index (χ4v) is 4.08. The van der Waals surface area contributed by atoms with Gasteiger partial charge in [0.15, 0.2) is 0 Å². The van der Waals surface area contributed by atoms with E-state index < -0.39 is 23.1 Å². The Morgan fingerprint density at radius 2 is 1.97 bits per heavy atom. The van der Waals surface area contributed by atoms with Crippen LogP contribution >= 0.6 is 0 Å². The first kappa shape index (κ1) is 23.1. The van der Waals surface area contributed by atoms with E-state index in [1.807, 2.05) is 0 Å². The number of esters is 1. The Morgan fingerprint density at radius 1 is 1.20 bits per heavy atom. The summed E-state index contributed by atoms with van der Waals surface area (Å²) in [5.41, 5.74) is 0.162. The minimum atomic E-state index is -4.55. The molecule has 1 saturated carbocycles. The Balaban J connectivity index is 1.49. The van der Waals surface area contributed by atoms with E-state index in [0.29, 0.717) is 28.4 Å². The first-order valence-corrected chi connectivity index (χ1v) is 11.3. The summed E-state index contributed by atoms with van der Waals surface area (Å²) in [7, 11) is 0. The van der Waals surface area contributed by atoms with E-state index in [2.05, 4.69) is 10.1 Å². The lowest BCUT2D eigenvalue weighted by Crippen LogP contribution is -2.26. The Labute approximate surface area is 198 Å². The van der Waals surface area contributed by atoms with Crippen LogP contribution in [0.2, 0.25) is 0 Å². The number of rotatable bonds is 7. The molecule has 0 spiro atoms. The molecule has 1 aromatic heterocycles. The summed E-state index contributed by atoms with van der Waals surface area (Å²) in [6.45, 7) is 2.05. The number of hydrogen-bond acceptors (Lipinski definition) is 6. The average molecular weight is 485 g/mol. The molecule has 0 bridgehead atoms. The van der Waals surface area contributed by atoms with Crippen LogP contribution in [0.4, 0.5) is 18.9 Å². The minimum absolute atomic E-state index is 0.0848. The molecule has 5 rings (SSSR count). The summed E-state index contributed by atoms with van der Waals surface area (Å²) >= 11 is 0. The standard InChI is InChI=1S/C25H22F3N3O4/c1-2-34-24(33)22-23(32)17-5-3-4-6-20(17)31(30-22)12-16-9-15-10-18(25(26,27)28)21(11-19(15)29-16)35-13-14-7-8-14/h3-6,10-11,14H,2,7-9,12-13H2,1H3. The number of alkyl halides is 3. The van der Waals surface area contributed by atoms with E-state index >= 15 is 0 Å². The van der Waals surface area contributed by atoms with Gasteiger partial charge in [-0.25, -0.2) is 4.79 Å². The third kappa shape index (κ3) is 4.65. The van der Waals surface area contributed by atoms with Crippen molar-refractivity contribution in [1.82, 2.24) is 9.78 Å². The van der Waals surface area contributed by atoms with Gasteiger partial charge in [0.1, 0.15) is 5.75 Å². The first-order valence-electron chi connectivity index (χ1n) is 11.3. The zero-order valence-electron chi connectivity index (χ0n) is 18.9. The van der Waals surface area contributed by atoms with Crippen LogP contribution in [-0.2, 0) is 23.9 Å². The molecule has 182 valence electrons. The number of aliphatic imine (C=N–C) groups is 1. The monoisotopic (exact) mass is 485 g/mol. The summed E-state index contributed by atoms with van der Waals surface area (Å²) in [4.78, 5) is 29.6. The fraction of sp³-hybridized carbons (Fsp3) is 0.360. The molecule has 2 heterocycles. The summed E-state index contributed by atoms with van der Waals surface area (Å²) in [6.07, 6.45) is -2.45. The molecule has 0 atom stereocenters. The lowest BCUT2D eigenvalue weighted by Gasteiger charge is -2.15. The number of aromatic nitrogens is 2. The number of benzene rings is 2. The molecule has 0 saturated heterocycles. The predicted octanol–water partition coefficient (Wildman–Crippen LogP) is 4.71. The minimum Gasteiger partial charge on any atom is -0.493 e. The first-order chi connectivity index (χ1) is 16.7. The number of hydrogen-bond donors (Lipinski definition) is 0. The van der Waals surface area contributed by atoms with Gasteiger partial charge in [0, 0.05) is 23.6 Å². The van der Waals surface area contributed by atoms with E-state index in [0.717, 1.165) is 18.9 Å². The van der Waals surface area contributed by atoms with Crippen molar-refractivity contribution in [1.29, 1.82) is 0 Å². The molecule has 0 radical (unpaired) electrons. The van der Waals surface area contributed by atoms with Gasteiger partial charge in [-0.3, -0.25) is 14.5 Å². The molecule has 7 nitrogen and oxygen atoms in total. The van der Waals surface area contributed by atoms with Crippen LogP contribution < -0.4 is 10.2 Å². The molecule has 0 amide bonds. The highest BCUT2D eigenvalue weighted by Crippen LogP contribution is 2.43. The van der Waals surface area contributed by atoms with Crippen LogP contribution in [0, 0.1) is 5.92 Å². The summed E-state index contributed by atoms with van der Waals surface area (Å²) < 4.78 is 53.0. The van der Waals surface area contributed by atoms with Gasteiger partial charge in [0.25, 0.3) is 0 Å². The highest BCUT2D eigenvalue weighted by atomic mass is 19.4. The largest absolute Gasteiger partial charge is 0.493 e. The lowest BCUT2D eigenvalue weighted by atomic mass is 10.0. The second-order valence-corrected chi connectivity index (χ2v) is 8.66. The van der Waals surface area contributed by atoms with Crippen LogP contribution in [0.15, 0.2) is 46.2 Å². The maximum absolute atomic E-state index is 13.7. The molecule has 0 N–H and O–H groups in total. The zero-order chi connectivity index (χ0) is 24.7. The van der Waals surface area contributed by atoms with Crippen LogP contribution in [-0.4, -0.2) is 34.7 Å². The van der Waals surface area contributed by atoms with Crippen molar-refractivity contribution >= 4 is 28.3 Å². The summed E-state index contributed by atoms with van der Waals surface area (Å²) in [6, 6.07) is 9.11.